The molecule has 0 aliphatic heterocycles. The fourth-order valence-corrected chi connectivity index (χ4v) is 1.90. The van der Waals surface area contributed by atoms with E-state index < -0.39 is 11.9 Å². The minimum absolute atomic E-state index is 0.240. The van der Waals surface area contributed by atoms with Gasteiger partial charge in [0.05, 0.1) is 12.5 Å². The molecule has 1 atom stereocenters. The molecule has 0 bridgehead atoms. The fourth-order valence-electron chi connectivity index (χ4n) is 1.50. The van der Waals surface area contributed by atoms with E-state index in [9.17, 15) is 4.79 Å². The van der Waals surface area contributed by atoms with Crippen molar-refractivity contribution in [2.75, 3.05) is 0 Å². The predicted molar refractivity (Wildman–Crippen MR) is 67.8 cm³/mol. The number of carboxylic acids is 1. The Morgan fingerprint density at radius 3 is 3.00 bits per heavy atom. The van der Waals surface area contributed by atoms with E-state index in [1.54, 1.807) is 6.92 Å². The molecule has 0 aliphatic carbocycles. The molecule has 0 spiro atoms. The second-order valence-electron chi connectivity index (χ2n) is 3.93. The van der Waals surface area contributed by atoms with Crippen LogP contribution >= 0.6 is 15.9 Å². The first-order chi connectivity index (χ1) is 8.58. The molecule has 1 N–H and O–H groups in total. The van der Waals surface area contributed by atoms with Crippen LogP contribution in [0.3, 0.4) is 0 Å². The van der Waals surface area contributed by atoms with E-state index in [2.05, 4.69) is 31.5 Å². The van der Waals surface area contributed by atoms with Gasteiger partial charge in [-0.05, 0) is 22.6 Å². The lowest BCUT2D eigenvalue weighted by atomic mass is 10.1. The third-order valence-corrected chi connectivity index (χ3v) is 2.98. The molecular weight excluding hydrogens is 300 g/mol. The first-order valence-electron chi connectivity index (χ1n) is 5.33. The molecule has 2 aromatic rings. The Bertz CT molecular complexity index is 570. The van der Waals surface area contributed by atoms with Crippen LogP contribution in [0.1, 0.15) is 6.92 Å². The smallest absolute Gasteiger partial charge is 0.308 e. The SMILES string of the molecule is CC(Cn1nnnc1-c1cccc(Br)c1)C(=O)O. The molecule has 0 aliphatic rings. The summed E-state index contributed by atoms with van der Waals surface area (Å²) in [5.41, 5.74) is 0.840. The number of rotatable bonds is 4. The van der Waals surface area contributed by atoms with Gasteiger partial charge in [-0.1, -0.05) is 35.0 Å². The van der Waals surface area contributed by atoms with Crippen LogP contribution in [0.25, 0.3) is 11.4 Å². The van der Waals surface area contributed by atoms with Crippen molar-refractivity contribution in [1.82, 2.24) is 20.2 Å². The van der Waals surface area contributed by atoms with Gasteiger partial charge in [-0.3, -0.25) is 4.79 Å². The average molecular weight is 311 g/mol. The second kappa shape index (κ2) is 5.26. The maximum atomic E-state index is 10.8. The van der Waals surface area contributed by atoms with Crippen molar-refractivity contribution < 1.29 is 9.90 Å². The summed E-state index contributed by atoms with van der Waals surface area (Å²) in [5.74, 6) is -0.852. The van der Waals surface area contributed by atoms with Crippen molar-refractivity contribution in [3.8, 4) is 11.4 Å². The molecule has 1 aromatic carbocycles. The summed E-state index contributed by atoms with van der Waals surface area (Å²) in [6, 6.07) is 7.53. The van der Waals surface area contributed by atoms with Gasteiger partial charge in [-0.25, -0.2) is 4.68 Å². The molecular formula is C11H11BrN4O2. The zero-order valence-electron chi connectivity index (χ0n) is 9.62. The highest BCUT2D eigenvalue weighted by atomic mass is 79.9. The number of carbonyl (C=O) groups is 1. The van der Waals surface area contributed by atoms with E-state index >= 15 is 0 Å². The largest absolute Gasteiger partial charge is 0.481 e. The fraction of sp³-hybridized carbons (Fsp3) is 0.273. The molecule has 0 fully saturated rings. The van der Waals surface area contributed by atoms with Crippen LogP contribution in [-0.4, -0.2) is 31.3 Å². The number of halogens is 1. The molecule has 94 valence electrons. The number of aromatic nitrogens is 4. The van der Waals surface area contributed by atoms with Gasteiger partial charge in [-0.15, -0.1) is 5.10 Å². The zero-order chi connectivity index (χ0) is 13.1. The Hall–Kier alpha value is -1.76. The normalized spacial score (nSPS) is 12.3. The standard InChI is InChI=1S/C11H11BrN4O2/c1-7(11(17)18)6-16-10(13-14-15-16)8-3-2-4-9(12)5-8/h2-5,7H,6H2,1H3,(H,17,18). The molecule has 1 aromatic heterocycles. The van der Waals surface area contributed by atoms with Crippen LogP contribution in [0.15, 0.2) is 28.7 Å². The van der Waals surface area contributed by atoms with Crippen LogP contribution in [0.4, 0.5) is 0 Å². The first-order valence-corrected chi connectivity index (χ1v) is 6.12. The summed E-state index contributed by atoms with van der Waals surface area (Å²) in [7, 11) is 0. The Labute approximate surface area is 112 Å². The number of hydrogen-bond donors (Lipinski definition) is 1. The molecule has 0 saturated heterocycles. The zero-order valence-corrected chi connectivity index (χ0v) is 11.2. The van der Waals surface area contributed by atoms with Crippen LogP contribution in [0.2, 0.25) is 0 Å². The number of carboxylic acid groups (broad SMARTS) is 1. The molecule has 0 radical (unpaired) electrons. The van der Waals surface area contributed by atoms with Gasteiger partial charge in [0.1, 0.15) is 0 Å². The van der Waals surface area contributed by atoms with Crippen molar-refractivity contribution in [3.05, 3.63) is 28.7 Å². The maximum absolute atomic E-state index is 10.8. The number of hydrogen-bond acceptors (Lipinski definition) is 4. The molecule has 1 unspecified atom stereocenters. The highest BCUT2D eigenvalue weighted by Crippen LogP contribution is 2.20. The van der Waals surface area contributed by atoms with Crippen molar-refractivity contribution in [3.63, 3.8) is 0 Å². The monoisotopic (exact) mass is 310 g/mol. The van der Waals surface area contributed by atoms with E-state index in [0.717, 1.165) is 10.0 Å². The van der Waals surface area contributed by atoms with E-state index in [0.29, 0.717) is 5.82 Å². The van der Waals surface area contributed by atoms with Gasteiger partial charge in [-0.2, -0.15) is 0 Å². The predicted octanol–water partition coefficient (Wildman–Crippen LogP) is 1.82. The molecule has 18 heavy (non-hydrogen) atoms. The molecule has 0 saturated carbocycles. The van der Waals surface area contributed by atoms with Crippen LogP contribution in [0.5, 0.6) is 0 Å². The van der Waals surface area contributed by atoms with Gasteiger partial charge in [0.15, 0.2) is 5.82 Å². The molecule has 2 rings (SSSR count). The molecule has 6 nitrogen and oxygen atoms in total. The first kappa shape index (κ1) is 12.7. The van der Waals surface area contributed by atoms with Crippen molar-refractivity contribution in [2.45, 2.75) is 13.5 Å². The van der Waals surface area contributed by atoms with E-state index in [1.165, 1.54) is 4.68 Å². The lowest BCUT2D eigenvalue weighted by molar-refractivity contribution is -0.141. The van der Waals surface area contributed by atoms with Gasteiger partial charge in [0, 0.05) is 10.0 Å². The topological polar surface area (TPSA) is 80.9 Å². The molecule has 0 amide bonds. The molecule has 1 heterocycles. The lowest BCUT2D eigenvalue weighted by Gasteiger charge is -2.08. The quantitative estimate of drug-likeness (QED) is 0.931. The van der Waals surface area contributed by atoms with Crippen LogP contribution in [-0.2, 0) is 11.3 Å². The van der Waals surface area contributed by atoms with Crippen molar-refractivity contribution in [1.29, 1.82) is 0 Å². The van der Waals surface area contributed by atoms with Crippen LogP contribution in [0, 0.1) is 5.92 Å². The summed E-state index contributed by atoms with van der Waals surface area (Å²) in [4.78, 5) is 10.8. The summed E-state index contributed by atoms with van der Waals surface area (Å²) in [6.45, 7) is 1.86. The third-order valence-electron chi connectivity index (χ3n) is 2.48. The summed E-state index contributed by atoms with van der Waals surface area (Å²) in [6.07, 6.45) is 0. The van der Waals surface area contributed by atoms with Gasteiger partial charge in [0.25, 0.3) is 0 Å². The summed E-state index contributed by atoms with van der Waals surface area (Å²) < 4.78 is 2.42. The minimum Gasteiger partial charge on any atom is -0.481 e. The lowest BCUT2D eigenvalue weighted by Crippen LogP contribution is -2.18. The summed E-state index contributed by atoms with van der Waals surface area (Å²) >= 11 is 3.37. The van der Waals surface area contributed by atoms with E-state index in [4.69, 9.17) is 5.11 Å². The van der Waals surface area contributed by atoms with Crippen molar-refractivity contribution >= 4 is 21.9 Å². The van der Waals surface area contributed by atoms with E-state index in [-0.39, 0.29) is 6.54 Å². The summed E-state index contributed by atoms with van der Waals surface area (Å²) in [5, 5.41) is 20.2. The highest BCUT2D eigenvalue weighted by Gasteiger charge is 2.16. The highest BCUT2D eigenvalue weighted by molar-refractivity contribution is 9.10. The number of nitrogens with zero attached hydrogens (tertiary/aromatic N) is 4. The van der Waals surface area contributed by atoms with Gasteiger partial charge < -0.3 is 5.11 Å². The number of benzene rings is 1. The minimum atomic E-state index is -0.870. The second-order valence-corrected chi connectivity index (χ2v) is 4.85. The molecule has 7 heteroatoms. The van der Waals surface area contributed by atoms with E-state index in [1.807, 2.05) is 24.3 Å². The Morgan fingerprint density at radius 1 is 1.56 bits per heavy atom. The Balaban J connectivity index is 2.30. The average Bonchev–Trinajstić information content (AvgIpc) is 2.77. The van der Waals surface area contributed by atoms with Gasteiger partial charge >= 0.3 is 5.97 Å². The number of aliphatic carboxylic acids is 1. The maximum Gasteiger partial charge on any atom is 0.308 e. The van der Waals surface area contributed by atoms with Crippen molar-refractivity contribution in [2.24, 2.45) is 5.92 Å². The Kier molecular flexibility index (Phi) is 3.71. The van der Waals surface area contributed by atoms with Crippen LogP contribution < -0.4 is 0 Å². The Morgan fingerprint density at radius 2 is 2.33 bits per heavy atom. The third kappa shape index (κ3) is 2.73. The number of tetrazole rings is 1. The van der Waals surface area contributed by atoms with Gasteiger partial charge in [0.2, 0.25) is 0 Å².